The van der Waals surface area contributed by atoms with Gasteiger partial charge in [0.25, 0.3) is 6.71 Å². The minimum atomic E-state index is -0.498. The van der Waals surface area contributed by atoms with Gasteiger partial charge in [-0.15, -0.1) is 11.3 Å². The Morgan fingerprint density at radius 1 is 0.408 bits per heavy atom. The molecule has 9 aromatic carbocycles. The predicted octanol–water partition coefficient (Wildman–Crippen LogP) is 17.7. The average Bonchev–Trinajstić information content (AvgIpc) is 3.73. The van der Waals surface area contributed by atoms with E-state index >= 15 is 0 Å². The molecule has 4 aliphatic rings. The van der Waals surface area contributed by atoms with E-state index in [1.807, 2.05) is 0 Å². The Bertz CT molecular complexity index is 3970. The molecule has 1 spiro atoms. The van der Waals surface area contributed by atoms with Crippen molar-refractivity contribution < 1.29 is 0 Å². The highest BCUT2D eigenvalue weighted by Gasteiger charge is 2.57. The van der Waals surface area contributed by atoms with Gasteiger partial charge >= 0.3 is 0 Å². The molecular formula is C72H63BN2S. The zero-order chi connectivity index (χ0) is 52.2. The van der Waals surface area contributed by atoms with Crippen LogP contribution in [0.2, 0.25) is 0 Å². The lowest BCUT2D eigenvalue weighted by Crippen LogP contribution is -2.60. The summed E-state index contributed by atoms with van der Waals surface area (Å²) in [6.45, 7) is 23.2. The zero-order valence-electron chi connectivity index (χ0n) is 45.4. The van der Waals surface area contributed by atoms with Gasteiger partial charge in [-0.1, -0.05) is 220 Å². The highest BCUT2D eigenvalue weighted by molar-refractivity contribution is 7.30. The third-order valence-corrected chi connectivity index (χ3v) is 18.5. The van der Waals surface area contributed by atoms with Gasteiger partial charge in [0.2, 0.25) is 0 Å². The number of hydrogen-bond acceptors (Lipinski definition) is 3. The number of rotatable bonds is 4. The standard InChI is InChI=1S/C72H63BN2S/c1-44-39-62-65-63(40-44)75(50-23-15-12-16-24-50)66-64-55-37-33-49(71(8,9)10)43-59(55)72(57-27-19-17-25-53(57)54-26-18-20-28-58(54)72)67(64)76-68(66)73(65)60-38-29-46(41-61(60)74(62)51-34-30-47(31-35-51)69(2,3)4)56-42-48(70(5,6)7)32-36-52(56)45-21-13-11-14-22-45/h11-43H,1-10H3. The van der Waals surface area contributed by atoms with Crippen LogP contribution in [0.3, 0.4) is 0 Å². The lowest BCUT2D eigenvalue weighted by atomic mass is 9.36. The molecule has 2 aliphatic carbocycles. The number of hydrogen-bond donors (Lipinski definition) is 0. The molecule has 0 fully saturated rings. The summed E-state index contributed by atoms with van der Waals surface area (Å²) in [7, 11) is 0. The van der Waals surface area contributed by atoms with E-state index in [2.05, 4.69) is 291 Å². The first-order valence-electron chi connectivity index (χ1n) is 27.3. The maximum Gasteiger partial charge on any atom is 0.264 e. The number of anilines is 6. The number of para-hydroxylation sites is 1. The summed E-state index contributed by atoms with van der Waals surface area (Å²) in [5.41, 5.74) is 29.2. The second-order valence-corrected chi connectivity index (χ2v) is 26.0. The van der Waals surface area contributed by atoms with E-state index in [0.717, 1.165) is 5.69 Å². The number of thiophene rings is 1. The van der Waals surface area contributed by atoms with Crippen LogP contribution in [-0.4, -0.2) is 6.71 Å². The van der Waals surface area contributed by atoms with Crippen molar-refractivity contribution in [3.8, 4) is 44.5 Å². The van der Waals surface area contributed by atoms with Crippen LogP contribution in [-0.2, 0) is 21.7 Å². The van der Waals surface area contributed by atoms with Gasteiger partial charge in [0.1, 0.15) is 0 Å². The summed E-state index contributed by atoms with van der Waals surface area (Å²) in [6, 6.07) is 77.2. The summed E-state index contributed by atoms with van der Waals surface area (Å²) < 4.78 is 1.40. The highest BCUT2D eigenvalue weighted by Crippen LogP contribution is 2.67. The summed E-state index contributed by atoms with van der Waals surface area (Å²) in [6.07, 6.45) is 0. The van der Waals surface area contributed by atoms with Crippen molar-refractivity contribution in [1.29, 1.82) is 0 Å². The van der Waals surface area contributed by atoms with E-state index in [0.29, 0.717) is 0 Å². The third-order valence-electron chi connectivity index (χ3n) is 17.2. The first-order valence-corrected chi connectivity index (χ1v) is 28.1. The van der Waals surface area contributed by atoms with Gasteiger partial charge in [-0.05, 0) is 154 Å². The first-order chi connectivity index (χ1) is 36.5. The fourth-order valence-corrected chi connectivity index (χ4v) is 15.1. The Labute approximate surface area is 454 Å². The molecule has 14 rings (SSSR count). The summed E-state index contributed by atoms with van der Waals surface area (Å²) in [5, 5.41) is 0. The number of aryl methyl sites for hydroxylation is 1. The zero-order valence-corrected chi connectivity index (χ0v) is 46.2. The molecule has 0 unspecified atom stereocenters. The maximum atomic E-state index is 2.66. The molecule has 0 bridgehead atoms. The predicted molar refractivity (Wildman–Crippen MR) is 326 cm³/mol. The summed E-state index contributed by atoms with van der Waals surface area (Å²) in [5.74, 6) is 0. The van der Waals surface area contributed by atoms with Crippen LogP contribution in [0.25, 0.3) is 44.5 Å². The number of benzene rings is 9. The van der Waals surface area contributed by atoms with Gasteiger partial charge in [-0.3, -0.25) is 0 Å². The van der Waals surface area contributed by atoms with E-state index in [1.165, 1.54) is 132 Å². The van der Waals surface area contributed by atoms with Crippen LogP contribution < -0.4 is 25.5 Å². The molecule has 76 heavy (non-hydrogen) atoms. The second-order valence-electron chi connectivity index (χ2n) is 25.0. The number of fused-ring (bicyclic) bond motifs is 15. The third kappa shape index (κ3) is 6.72. The SMILES string of the molecule is Cc1cc2c3c(c1)N(c1ccccc1)c1c(sc4c1-c1ccc(C(C)(C)C)cc1C41c4ccccc4-c4ccccc41)B3c1ccc(-c3cc(C(C)(C)C)ccc3-c3ccccc3)cc1N2c1ccc(C(C)(C)C)cc1. The van der Waals surface area contributed by atoms with Crippen molar-refractivity contribution >= 4 is 67.9 Å². The molecule has 0 N–H and O–H groups in total. The molecule has 1 aromatic heterocycles. The van der Waals surface area contributed by atoms with Gasteiger partial charge in [0.15, 0.2) is 0 Å². The smallest absolute Gasteiger partial charge is 0.264 e. The fraction of sp³-hybridized carbons (Fsp3) is 0.194. The molecule has 10 aromatic rings. The number of nitrogens with zero attached hydrogens (tertiary/aromatic N) is 2. The molecule has 2 nitrogen and oxygen atoms in total. The average molecular weight is 999 g/mol. The molecular weight excluding hydrogens is 936 g/mol. The molecule has 0 atom stereocenters. The minimum absolute atomic E-state index is 0.0157. The van der Waals surface area contributed by atoms with Gasteiger partial charge < -0.3 is 9.80 Å². The van der Waals surface area contributed by atoms with E-state index in [-0.39, 0.29) is 23.0 Å². The molecule has 3 heterocycles. The van der Waals surface area contributed by atoms with Crippen molar-refractivity contribution in [1.82, 2.24) is 0 Å². The monoisotopic (exact) mass is 998 g/mol. The Hall–Kier alpha value is -7.66. The largest absolute Gasteiger partial charge is 0.311 e. The van der Waals surface area contributed by atoms with Crippen molar-refractivity contribution in [2.24, 2.45) is 0 Å². The van der Waals surface area contributed by atoms with Gasteiger partial charge in [-0.25, -0.2) is 0 Å². The Kier molecular flexibility index (Phi) is 10.1. The molecule has 4 heteroatoms. The van der Waals surface area contributed by atoms with Crippen LogP contribution in [0.4, 0.5) is 34.1 Å². The minimum Gasteiger partial charge on any atom is -0.311 e. The lowest BCUT2D eigenvalue weighted by molar-refractivity contribution is 0.588. The molecule has 0 radical (unpaired) electrons. The van der Waals surface area contributed by atoms with Gasteiger partial charge in [0, 0.05) is 43.7 Å². The quantitative estimate of drug-likeness (QED) is 0.162. The van der Waals surface area contributed by atoms with E-state index in [9.17, 15) is 0 Å². The molecule has 0 saturated carbocycles. The Morgan fingerprint density at radius 2 is 0.947 bits per heavy atom. The van der Waals surface area contributed by atoms with Crippen LogP contribution in [0, 0.1) is 6.92 Å². The second kappa shape index (κ2) is 16.4. The maximum absolute atomic E-state index is 2.66. The Balaban J connectivity index is 1.10. The van der Waals surface area contributed by atoms with Gasteiger partial charge in [-0.2, -0.15) is 0 Å². The van der Waals surface area contributed by atoms with E-state index in [4.69, 9.17) is 0 Å². The van der Waals surface area contributed by atoms with E-state index < -0.39 is 5.41 Å². The molecule has 370 valence electrons. The van der Waals surface area contributed by atoms with Crippen molar-refractivity contribution in [2.75, 3.05) is 9.80 Å². The van der Waals surface area contributed by atoms with Crippen molar-refractivity contribution in [3.63, 3.8) is 0 Å². The topological polar surface area (TPSA) is 6.48 Å². The van der Waals surface area contributed by atoms with Crippen molar-refractivity contribution in [3.05, 3.63) is 244 Å². The van der Waals surface area contributed by atoms with Crippen LogP contribution in [0.15, 0.2) is 200 Å². The molecule has 2 aliphatic heterocycles. The fourth-order valence-electron chi connectivity index (χ4n) is 13.4. The van der Waals surface area contributed by atoms with Gasteiger partial charge in [0.05, 0.1) is 11.1 Å². The summed E-state index contributed by atoms with van der Waals surface area (Å²) >= 11 is 2.07. The first kappa shape index (κ1) is 46.8. The van der Waals surface area contributed by atoms with E-state index in [1.54, 1.807) is 0 Å². The molecule has 0 saturated heterocycles. The van der Waals surface area contributed by atoms with Crippen molar-refractivity contribution in [2.45, 2.75) is 90.9 Å². The van der Waals surface area contributed by atoms with Crippen LogP contribution in [0.1, 0.15) is 106 Å². The van der Waals surface area contributed by atoms with Crippen LogP contribution >= 0.6 is 11.3 Å². The lowest BCUT2D eigenvalue weighted by Gasteiger charge is -2.44. The summed E-state index contributed by atoms with van der Waals surface area (Å²) in [4.78, 5) is 6.69. The highest BCUT2D eigenvalue weighted by atomic mass is 32.1. The normalized spacial score (nSPS) is 14.5. The van der Waals surface area contributed by atoms with Crippen LogP contribution in [0.5, 0.6) is 0 Å². The molecule has 0 amide bonds. The Morgan fingerprint density at radius 3 is 1.58 bits per heavy atom.